The molecule has 0 unspecified atom stereocenters. The van der Waals surface area contributed by atoms with Crippen molar-refractivity contribution in [2.75, 3.05) is 41.8 Å². The molecule has 1 heterocycles. The van der Waals surface area contributed by atoms with Gasteiger partial charge in [0.1, 0.15) is 0 Å². The zero-order valence-corrected chi connectivity index (χ0v) is 12.0. The predicted molar refractivity (Wildman–Crippen MR) is 81.0 cm³/mol. The number of rotatable bonds is 3. The average Bonchev–Trinajstić information content (AvgIpc) is 2.68. The Morgan fingerprint density at radius 3 is 3.05 bits per heavy atom. The van der Waals surface area contributed by atoms with E-state index in [0.29, 0.717) is 17.9 Å². The normalized spacial score (nSPS) is 15.9. The van der Waals surface area contributed by atoms with Gasteiger partial charge in [-0.05, 0) is 37.3 Å². The molecule has 4 nitrogen and oxygen atoms in total. The molecule has 1 aliphatic rings. The molecule has 0 amide bonds. The number of nitrogens with zero attached hydrogens (tertiary/aromatic N) is 1. The van der Waals surface area contributed by atoms with Crippen LogP contribution in [0.3, 0.4) is 0 Å². The first kappa shape index (κ1) is 14.1. The summed E-state index contributed by atoms with van der Waals surface area (Å²) in [5.41, 5.74) is 7.90. The van der Waals surface area contributed by atoms with Crippen LogP contribution in [-0.4, -0.2) is 37.2 Å². The van der Waals surface area contributed by atoms with E-state index in [9.17, 15) is 4.79 Å². The van der Waals surface area contributed by atoms with Crippen LogP contribution in [-0.2, 0) is 4.74 Å². The third kappa shape index (κ3) is 3.56. The first-order valence-electron chi connectivity index (χ1n) is 6.61. The monoisotopic (exact) mass is 280 g/mol. The minimum atomic E-state index is -0.290. The van der Waals surface area contributed by atoms with Crippen LogP contribution in [0.4, 0.5) is 11.4 Å². The van der Waals surface area contributed by atoms with Crippen molar-refractivity contribution in [2.24, 2.45) is 0 Å². The Bertz CT molecular complexity index is 443. The van der Waals surface area contributed by atoms with Crippen molar-refractivity contribution in [1.82, 2.24) is 0 Å². The lowest BCUT2D eigenvalue weighted by Gasteiger charge is -2.24. The van der Waals surface area contributed by atoms with Gasteiger partial charge in [-0.2, -0.15) is 11.8 Å². The van der Waals surface area contributed by atoms with Gasteiger partial charge in [-0.25, -0.2) is 4.79 Å². The van der Waals surface area contributed by atoms with Crippen LogP contribution in [0.2, 0.25) is 0 Å². The van der Waals surface area contributed by atoms with Crippen LogP contribution >= 0.6 is 11.8 Å². The molecule has 1 aliphatic heterocycles. The van der Waals surface area contributed by atoms with E-state index in [1.54, 1.807) is 6.07 Å². The van der Waals surface area contributed by atoms with Gasteiger partial charge in [0.25, 0.3) is 0 Å². The summed E-state index contributed by atoms with van der Waals surface area (Å²) in [7, 11) is 0. The highest BCUT2D eigenvalue weighted by molar-refractivity contribution is 7.99. The molecule has 1 aromatic rings. The maximum absolute atomic E-state index is 12.0. The highest BCUT2D eigenvalue weighted by Crippen LogP contribution is 2.26. The van der Waals surface area contributed by atoms with Crippen molar-refractivity contribution in [3.8, 4) is 0 Å². The molecule has 0 saturated carbocycles. The third-order valence-electron chi connectivity index (χ3n) is 3.08. The number of carbonyl (C=O) groups excluding carboxylic acids is 1. The van der Waals surface area contributed by atoms with E-state index in [-0.39, 0.29) is 5.97 Å². The van der Waals surface area contributed by atoms with E-state index in [0.717, 1.165) is 31.0 Å². The molecule has 1 aromatic carbocycles. The van der Waals surface area contributed by atoms with Crippen molar-refractivity contribution in [2.45, 2.75) is 13.3 Å². The lowest BCUT2D eigenvalue weighted by atomic mass is 10.1. The first-order chi connectivity index (χ1) is 9.22. The molecule has 0 aliphatic carbocycles. The predicted octanol–water partition coefficient (Wildman–Crippen LogP) is 2.39. The van der Waals surface area contributed by atoms with Gasteiger partial charge in [-0.3, -0.25) is 0 Å². The van der Waals surface area contributed by atoms with Crippen molar-refractivity contribution >= 4 is 29.1 Å². The summed E-state index contributed by atoms with van der Waals surface area (Å²) in [5.74, 6) is 1.98. The second-order valence-electron chi connectivity index (χ2n) is 4.45. The summed E-state index contributed by atoms with van der Waals surface area (Å²) in [6.45, 7) is 4.12. The van der Waals surface area contributed by atoms with Crippen molar-refractivity contribution in [1.29, 1.82) is 0 Å². The fourth-order valence-corrected chi connectivity index (χ4v) is 3.08. The van der Waals surface area contributed by atoms with Gasteiger partial charge in [0.05, 0.1) is 17.9 Å². The number of nitrogen functional groups attached to an aromatic ring is 1. The van der Waals surface area contributed by atoms with E-state index in [2.05, 4.69) is 4.90 Å². The van der Waals surface area contributed by atoms with E-state index in [4.69, 9.17) is 10.5 Å². The molecule has 104 valence electrons. The topological polar surface area (TPSA) is 55.6 Å². The van der Waals surface area contributed by atoms with Crippen LogP contribution in [0.15, 0.2) is 18.2 Å². The summed E-state index contributed by atoms with van der Waals surface area (Å²) in [6.07, 6.45) is 1.14. The molecule has 1 saturated heterocycles. The summed E-state index contributed by atoms with van der Waals surface area (Å²) in [4.78, 5) is 14.3. The standard InChI is InChI=1S/C14H20N2O2S/c1-2-18-14(17)12-10-11(15)4-5-13(12)16-6-3-8-19-9-7-16/h4-5,10H,2-3,6-9,15H2,1H3. The lowest BCUT2D eigenvalue weighted by molar-refractivity contribution is 0.0527. The second kappa shape index (κ2) is 6.70. The molecule has 0 bridgehead atoms. The Kier molecular flexibility index (Phi) is 4.96. The molecular weight excluding hydrogens is 260 g/mol. The van der Waals surface area contributed by atoms with Crippen LogP contribution in [0.5, 0.6) is 0 Å². The number of nitrogens with two attached hydrogens (primary N) is 1. The number of hydrogen-bond donors (Lipinski definition) is 1. The highest BCUT2D eigenvalue weighted by Gasteiger charge is 2.19. The van der Waals surface area contributed by atoms with Gasteiger partial charge >= 0.3 is 5.97 Å². The van der Waals surface area contributed by atoms with Gasteiger partial charge in [0.15, 0.2) is 0 Å². The van der Waals surface area contributed by atoms with Crippen LogP contribution in [0, 0.1) is 0 Å². The Labute approximate surface area is 118 Å². The smallest absolute Gasteiger partial charge is 0.340 e. The maximum atomic E-state index is 12.0. The zero-order chi connectivity index (χ0) is 13.7. The maximum Gasteiger partial charge on any atom is 0.340 e. The van der Waals surface area contributed by atoms with Gasteiger partial charge in [-0.15, -0.1) is 0 Å². The quantitative estimate of drug-likeness (QED) is 0.680. The molecule has 0 aromatic heterocycles. The fraction of sp³-hybridized carbons (Fsp3) is 0.500. The molecule has 0 spiro atoms. The van der Waals surface area contributed by atoms with Crippen LogP contribution in [0.25, 0.3) is 0 Å². The number of ether oxygens (including phenoxy) is 1. The van der Waals surface area contributed by atoms with E-state index < -0.39 is 0 Å². The van der Waals surface area contributed by atoms with Crippen LogP contribution in [0.1, 0.15) is 23.7 Å². The van der Waals surface area contributed by atoms with E-state index in [1.807, 2.05) is 30.8 Å². The minimum Gasteiger partial charge on any atom is -0.462 e. The Balaban J connectivity index is 2.29. The molecule has 2 rings (SSSR count). The Hall–Kier alpha value is -1.36. The van der Waals surface area contributed by atoms with Gasteiger partial charge in [0, 0.05) is 24.5 Å². The van der Waals surface area contributed by atoms with Crippen molar-refractivity contribution in [3.63, 3.8) is 0 Å². The highest BCUT2D eigenvalue weighted by atomic mass is 32.2. The molecule has 19 heavy (non-hydrogen) atoms. The molecule has 5 heteroatoms. The number of benzene rings is 1. The number of carbonyl (C=O) groups is 1. The molecule has 1 fully saturated rings. The van der Waals surface area contributed by atoms with E-state index >= 15 is 0 Å². The Morgan fingerprint density at radius 1 is 1.42 bits per heavy atom. The fourth-order valence-electron chi connectivity index (χ4n) is 2.19. The number of esters is 1. The number of hydrogen-bond acceptors (Lipinski definition) is 5. The largest absolute Gasteiger partial charge is 0.462 e. The number of anilines is 2. The molecule has 0 radical (unpaired) electrons. The summed E-state index contributed by atoms with van der Waals surface area (Å²) in [6, 6.07) is 5.49. The molecule has 0 atom stereocenters. The SMILES string of the molecule is CCOC(=O)c1cc(N)ccc1N1CCCSCC1. The lowest BCUT2D eigenvalue weighted by Crippen LogP contribution is -2.27. The molecular formula is C14H20N2O2S. The van der Waals surface area contributed by atoms with E-state index in [1.165, 1.54) is 5.75 Å². The van der Waals surface area contributed by atoms with Crippen LogP contribution < -0.4 is 10.6 Å². The van der Waals surface area contributed by atoms with Crippen molar-refractivity contribution in [3.05, 3.63) is 23.8 Å². The van der Waals surface area contributed by atoms with Crippen molar-refractivity contribution < 1.29 is 9.53 Å². The Morgan fingerprint density at radius 2 is 2.26 bits per heavy atom. The summed E-state index contributed by atoms with van der Waals surface area (Å²) in [5, 5.41) is 0. The summed E-state index contributed by atoms with van der Waals surface area (Å²) >= 11 is 1.96. The van der Waals surface area contributed by atoms with Gasteiger partial charge in [-0.1, -0.05) is 0 Å². The molecule has 2 N–H and O–H groups in total. The first-order valence-corrected chi connectivity index (χ1v) is 7.77. The zero-order valence-electron chi connectivity index (χ0n) is 11.2. The minimum absolute atomic E-state index is 0.290. The second-order valence-corrected chi connectivity index (χ2v) is 5.67. The van der Waals surface area contributed by atoms with Gasteiger partial charge in [0.2, 0.25) is 0 Å². The third-order valence-corrected chi connectivity index (χ3v) is 4.13. The number of thioether (sulfide) groups is 1. The summed E-state index contributed by atoms with van der Waals surface area (Å²) < 4.78 is 5.12. The average molecular weight is 280 g/mol. The van der Waals surface area contributed by atoms with Gasteiger partial charge < -0.3 is 15.4 Å².